The molecule has 0 saturated carbocycles. The Morgan fingerprint density at radius 2 is 1.28 bits per heavy atom. The molecule has 1 aliphatic heterocycles. The van der Waals surface area contributed by atoms with Gasteiger partial charge in [-0.3, -0.25) is 23.9 Å². The summed E-state index contributed by atoms with van der Waals surface area (Å²) in [4.78, 5) is 66.6. The minimum Gasteiger partial charge on any atom is -0.454 e. The lowest BCUT2D eigenvalue weighted by Crippen LogP contribution is -2.34. The van der Waals surface area contributed by atoms with Crippen molar-refractivity contribution in [3.05, 3.63) is 141 Å². The number of anilines is 1. The van der Waals surface area contributed by atoms with Crippen LogP contribution >= 0.6 is 0 Å². The van der Waals surface area contributed by atoms with Crippen LogP contribution in [-0.4, -0.2) is 39.5 Å². The van der Waals surface area contributed by atoms with E-state index in [0.717, 1.165) is 16.0 Å². The van der Waals surface area contributed by atoms with Crippen molar-refractivity contribution in [2.45, 2.75) is 6.92 Å². The highest BCUT2D eigenvalue weighted by atomic mass is 16.5. The third-order valence-electron chi connectivity index (χ3n) is 7.52. The van der Waals surface area contributed by atoms with Crippen molar-refractivity contribution in [1.29, 1.82) is 0 Å². The number of benzene rings is 4. The Bertz CT molecular complexity index is 1970. The number of fused-ring (bicyclic) bond motifs is 1. The van der Waals surface area contributed by atoms with Gasteiger partial charge in [-0.2, -0.15) is 0 Å². The van der Waals surface area contributed by atoms with Gasteiger partial charge in [0.2, 0.25) is 0 Å². The number of para-hydroxylation sites is 1. The Balaban J connectivity index is 1.19. The van der Waals surface area contributed by atoms with Gasteiger partial charge in [0.15, 0.2) is 12.4 Å². The van der Waals surface area contributed by atoms with E-state index in [4.69, 9.17) is 4.74 Å². The van der Waals surface area contributed by atoms with Crippen LogP contribution in [0.15, 0.2) is 108 Å². The highest BCUT2D eigenvalue weighted by Gasteiger charge is 2.41. The van der Waals surface area contributed by atoms with E-state index in [9.17, 15) is 24.0 Å². The van der Waals surface area contributed by atoms with Gasteiger partial charge in [0.05, 0.1) is 28.1 Å². The van der Waals surface area contributed by atoms with Crippen molar-refractivity contribution in [2.24, 2.45) is 7.05 Å². The van der Waals surface area contributed by atoms with Gasteiger partial charge in [0.25, 0.3) is 17.4 Å². The van der Waals surface area contributed by atoms with E-state index in [2.05, 4.69) is 0 Å². The number of hydrogen-bond acceptors (Lipinski definition) is 6. The van der Waals surface area contributed by atoms with Crippen LogP contribution in [0, 0.1) is 6.92 Å². The molecule has 43 heavy (non-hydrogen) atoms. The second-order valence-corrected chi connectivity index (χ2v) is 10.1. The zero-order valence-corrected chi connectivity index (χ0v) is 23.3. The first-order valence-electron chi connectivity index (χ1n) is 13.5. The number of aromatic nitrogens is 2. The molecule has 0 bridgehead atoms. The van der Waals surface area contributed by atoms with E-state index in [1.54, 1.807) is 55.1 Å². The Hall–Kier alpha value is -5.83. The van der Waals surface area contributed by atoms with E-state index in [-0.39, 0.29) is 28.2 Å². The van der Waals surface area contributed by atoms with Crippen LogP contribution in [0.2, 0.25) is 0 Å². The molecule has 5 aromatic rings. The molecule has 1 aliphatic rings. The first kappa shape index (κ1) is 27.3. The fourth-order valence-corrected chi connectivity index (χ4v) is 5.16. The number of ketones is 1. The molecule has 0 spiro atoms. The van der Waals surface area contributed by atoms with Crippen LogP contribution < -0.4 is 10.5 Å². The standard InChI is InChI=1S/C34H25N3O6/c1-21-30(33(41)37(35(21)2)26-11-7-4-8-12-26)36-31(39)27-18-17-25(19-28(27)32(36)40)34(42)43-20-29(38)24-15-13-23(14-16-24)22-9-5-3-6-10-22/h3-19H,20H2,1-2H3. The predicted octanol–water partition coefficient (Wildman–Crippen LogP) is 4.99. The van der Waals surface area contributed by atoms with Gasteiger partial charge >= 0.3 is 5.97 Å². The number of carbonyl (C=O) groups is 4. The van der Waals surface area contributed by atoms with Crippen LogP contribution in [0.3, 0.4) is 0 Å². The molecule has 2 amide bonds. The number of imide groups is 1. The lowest BCUT2D eigenvalue weighted by atomic mass is 10.0. The van der Waals surface area contributed by atoms with Gasteiger partial charge in [0.1, 0.15) is 5.69 Å². The molecule has 6 rings (SSSR count). The molecule has 212 valence electrons. The first-order valence-corrected chi connectivity index (χ1v) is 13.5. The average molecular weight is 572 g/mol. The molecule has 9 heteroatoms. The molecule has 4 aromatic carbocycles. The summed E-state index contributed by atoms with van der Waals surface area (Å²) in [7, 11) is 1.67. The van der Waals surface area contributed by atoms with Gasteiger partial charge in [-0.05, 0) is 48.4 Å². The molecule has 1 aromatic heterocycles. The summed E-state index contributed by atoms with van der Waals surface area (Å²) in [5.41, 5.74) is 2.77. The normalized spacial score (nSPS) is 12.4. The van der Waals surface area contributed by atoms with Crippen LogP contribution in [0.1, 0.15) is 47.1 Å². The minimum absolute atomic E-state index is 0.000422. The zero-order valence-electron chi connectivity index (χ0n) is 23.3. The molecule has 0 aliphatic carbocycles. The van der Waals surface area contributed by atoms with E-state index >= 15 is 0 Å². The van der Waals surface area contributed by atoms with Crippen molar-refractivity contribution >= 4 is 29.3 Å². The molecular formula is C34H25N3O6. The van der Waals surface area contributed by atoms with Crippen LogP contribution in [0.5, 0.6) is 0 Å². The Morgan fingerprint density at radius 1 is 0.698 bits per heavy atom. The van der Waals surface area contributed by atoms with E-state index < -0.39 is 29.9 Å². The Morgan fingerprint density at radius 3 is 1.95 bits per heavy atom. The van der Waals surface area contributed by atoms with E-state index in [0.29, 0.717) is 16.9 Å². The van der Waals surface area contributed by atoms with Crippen molar-refractivity contribution in [2.75, 3.05) is 11.5 Å². The van der Waals surface area contributed by atoms with Gasteiger partial charge in [-0.1, -0.05) is 72.8 Å². The van der Waals surface area contributed by atoms with Crippen molar-refractivity contribution < 1.29 is 23.9 Å². The van der Waals surface area contributed by atoms with E-state index in [1.807, 2.05) is 48.5 Å². The topological polar surface area (TPSA) is 108 Å². The van der Waals surface area contributed by atoms with Gasteiger partial charge in [0, 0.05) is 12.6 Å². The number of amides is 2. The zero-order chi connectivity index (χ0) is 30.2. The van der Waals surface area contributed by atoms with Gasteiger partial charge in [-0.15, -0.1) is 0 Å². The maximum atomic E-state index is 13.5. The largest absolute Gasteiger partial charge is 0.454 e. The van der Waals surface area contributed by atoms with Crippen molar-refractivity contribution in [3.8, 4) is 16.8 Å². The number of esters is 1. The fraction of sp³-hybridized carbons (Fsp3) is 0.0882. The molecule has 9 nitrogen and oxygen atoms in total. The third-order valence-corrected chi connectivity index (χ3v) is 7.52. The maximum absolute atomic E-state index is 13.5. The minimum atomic E-state index is -0.821. The van der Waals surface area contributed by atoms with Crippen LogP contribution in [0.4, 0.5) is 5.69 Å². The lowest BCUT2D eigenvalue weighted by molar-refractivity contribution is 0.0474. The molecule has 0 N–H and O–H groups in total. The number of hydrogen-bond donors (Lipinski definition) is 0. The van der Waals surface area contributed by atoms with Crippen LogP contribution in [0.25, 0.3) is 16.8 Å². The summed E-state index contributed by atoms with van der Waals surface area (Å²) in [5, 5.41) is 0. The van der Waals surface area contributed by atoms with Crippen molar-refractivity contribution in [1.82, 2.24) is 9.36 Å². The molecule has 0 unspecified atom stereocenters. The summed E-state index contributed by atoms with van der Waals surface area (Å²) in [6.07, 6.45) is 0. The fourth-order valence-electron chi connectivity index (χ4n) is 5.16. The van der Waals surface area contributed by atoms with Gasteiger partial charge < -0.3 is 4.74 Å². The number of ether oxygens (including phenoxy) is 1. The van der Waals surface area contributed by atoms with E-state index in [1.165, 1.54) is 22.9 Å². The predicted molar refractivity (Wildman–Crippen MR) is 160 cm³/mol. The molecule has 0 atom stereocenters. The molecule has 2 heterocycles. The average Bonchev–Trinajstić information content (AvgIpc) is 3.42. The molecule has 0 fully saturated rings. The highest BCUT2D eigenvalue weighted by molar-refractivity contribution is 6.34. The summed E-state index contributed by atoms with van der Waals surface area (Å²) in [6.45, 7) is 1.15. The number of nitrogens with zero attached hydrogens (tertiary/aromatic N) is 3. The Kier molecular flexibility index (Phi) is 6.91. The quantitative estimate of drug-likeness (QED) is 0.155. The number of carbonyl (C=O) groups excluding carboxylic acids is 4. The Labute approximate surface area is 246 Å². The SMILES string of the molecule is Cc1c(N2C(=O)c3ccc(C(=O)OCC(=O)c4ccc(-c5ccccc5)cc4)cc3C2=O)c(=O)n(-c2ccccc2)n1C. The molecular weight excluding hydrogens is 546 g/mol. The second-order valence-electron chi connectivity index (χ2n) is 10.1. The smallest absolute Gasteiger partial charge is 0.338 e. The third kappa shape index (κ3) is 4.76. The number of rotatable bonds is 7. The second kappa shape index (κ2) is 10.9. The number of Topliss-reactive ketones (excluding diaryl/α,β-unsaturated/α-hetero) is 1. The molecule has 0 saturated heterocycles. The highest BCUT2D eigenvalue weighted by Crippen LogP contribution is 2.30. The molecule has 0 radical (unpaired) electrons. The monoisotopic (exact) mass is 571 g/mol. The van der Waals surface area contributed by atoms with Gasteiger partial charge in [-0.25, -0.2) is 14.4 Å². The first-order chi connectivity index (χ1) is 20.8. The summed E-state index contributed by atoms with van der Waals surface area (Å²) in [6, 6.07) is 29.5. The summed E-state index contributed by atoms with van der Waals surface area (Å²) >= 11 is 0. The summed E-state index contributed by atoms with van der Waals surface area (Å²) in [5.74, 6) is -2.60. The maximum Gasteiger partial charge on any atom is 0.338 e. The summed E-state index contributed by atoms with van der Waals surface area (Å²) < 4.78 is 8.20. The van der Waals surface area contributed by atoms with Crippen LogP contribution in [-0.2, 0) is 11.8 Å². The lowest BCUT2D eigenvalue weighted by Gasteiger charge is -2.11. The van der Waals surface area contributed by atoms with Crippen molar-refractivity contribution in [3.63, 3.8) is 0 Å².